The highest BCUT2D eigenvalue weighted by Crippen LogP contribution is 2.69. The first-order valence-electron chi connectivity index (χ1n) is 41.0. The summed E-state index contributed by atoms with van der Waals surface area (Å²) in [6, 6.07) is 0. The monoisotopic (exact) mass is 1280 g/mol. The molecule has 94 heavy (non-hydrogen) atoms. The van der Waals surface area contributed by atoms with E-state index in [1.807, 2.05) is 0 Å². The molecule has 0 aromatic carbocycles. The summed E-state index contributed by atoms with van der Waals surface area (Å²) in [7, 11) is 0. The summed E-state index contributed by atoms with van der Waals surface area (Å²) in [5.74, 6) is 15.5. The Hall–Kier alpha value is -3.68. The summed E-state index contributed by atoms with van der Waals surface area (Å²) in [6.45, 7) is 0. The van der Waals surface area contributed by atoms with Gasteiger partial charge in [0.1, 0.15) is 22.4 Å². The van der Waals surface area contributed by atoms with E-state index in [0.29, 0.717) is 59.2 Å². The average Bonchev–Trinajstić information content (AvgIpc) is 1.55. The van der Waals surface area contributed by atoms with Crippen LogP contribution in [0.3, 0.4) is 0 Å². The van der Waals surface area contributed by atoms with Crippen molar-refractivity contribution >= 4 is 23.9 Å². The fourth-order valence-electron chi connectivity index (χ4n) is 27.7. The second-order valence-electron chi connectivity index (χ2n) is 36.3. The SMILES string of the molecule is O=C(OC1(C2CCCC2)C=CCCC1)C1CC2C=CC1C2.O=C(OC1(C2CCCC2)CCCCC1)C1CC2C=CC1C2.O=C(OC1(C2CCCCC2)C=CCC1)C1CC2CC1C1C3C=CC(C3)C21.O=C(OC1(C2CCCCC2)CCCC1)C1CC2CC1C1C3C=CC(C3)C21. The van der Waals surface area contributed by atoms with Gasteiger partial charge in [0, 0.05) is 11.8 Å². The number of fused-ring (bicyclic) bond motifs is 22. The third-order valence-electron chi connectivity index (χ3n) is 31.9. The molecule has 12 bridgehead atoms. The highest BCUT2D eigenvalue weighted by Gasteiger charge is 2.65. The van der Waals surface area contributed by atoms with Crippen LogP contribution in [0.15, 0.2) is 72.9 Å². The molecular weight excluding hydrogens is 1160 g/mol. The maximum atomic E-state index is 13.4. The summed E-state index contributed by atoms with van der Waals surface area (Å²) in [5.41, 5.74) is -0.685. The van der Waals surface area contributed by atoms with Crippen LogP contribution < -0.4 is 0 Å². The molecule has 0 saturated heterocycles. The zero-order valence-corrected chi connectivity index (χ0v) is 57.7. The van der Waals surface area contributed by atoms with Gasteiger partial charge in [0.15, 0.2) is 0 Å². The minimum atomic E-state index is -0.266. The summed E-state index contributed by atoms with van der Waals surface area (Å²) < 4.78 is 25.6. The predicted molar refractivity (Wildman–Crippen MR) is 368 cm³/mol. The second-order valence-corrected chi connectivity index (χ2v) is 36.3. The molecule has 20 rings (SSSR count). The molecule has 22 atom stereocenters. The van der Waals surface area contributed by atoms with E-state index >= 15 is 0 Å². The van der Waals surface area contributed by atoms with Gasteiger partial charge in [0.05, 0.1) is 23.7 Å². The van der Waals surface area contributed by atoms with Crippen molar-refractivity contribution in [1.82, 2.24) is 0 Å². The number of hydrogen-bond donors (Lipinski definition) is 0. The van der Waals surface area contributed by atoms with Crippen LogP contribution >= 0.6 is 0 Å². The van der Waals surface area contributed by atoms with Crippen molar-refractivity contribution in [2.24, 2.45) is 142 Å². The molecule has 8 nitrogen and oxygen atoms in total. The van der Waals surface area contributed by atoms with Gasteiger partial charge in [-0.1, -0.05) is 131 Å². The molecule has 8 heteroatoms. The van der Waals surface area contributed by atoms with Crippen LogP contribution in [0.2, 0.25) is 0 Å². The van der Waals surface area contributed by atoms with E-state index in [-0.39, 0.29) is 70.0 Å². The van der Waals surface area contributed by atoms with Gasteiger partial charge < -0.3 is 18.9 Å². The molecule has 20 aliphatic rings. The van der Waals surface area contributed by atoms with E-state index in [4.69, 9.17) is 18.9 Å². The lowest BCUT2D eigenvalue weighted by Crippen LogP contribution is -2.45. The van der Waals surface area contributed by atoms with Gasteiger partial charge >= 0.3 is 23.9 Å². The number of hydrogen-bond acceptors (Lipinski definition) is 8. The number of rotatable bonds is 12. The third-order valence-corrected chi connectivity index (χ3v) is 31.9. The summed E-state index contributed by atoms with van der Waals surface area (Å²) >= 11 is 0. The van der Waals surface area contributed by atoms with E-state index in [1.165, 1.54) is 186 Å². The van der Waals surface area contributed by atoms with Crippen LogP contribution in [0.4, 0.5) is 0 Å². The van der Waals surface area contributed by atoms with Crippen molar-refractivity contribution in [1.29, 1.82) is 0 Å². The Kier molecular flexibility index (Phi) is 17.9. The molecule has 0 spiro atoms. The van der Waals surface area contributed by atoms with Crippen LogP contribution in [0.1, 0.15) is 270 Å². The van der Waals surface area contributed by atoms with Crippen LogP contribution in [-0.4, -0.2) is 46.3 Å². The number of allylic oxidation sites excluding steroid dienone is 10. The van der Waals surface area contributed by atoms with E-state index < -0.39 is 0 Å². The molecule has 22 unspecified atom stereocenters. The molecule has 0 heterocycles. The molecule has 20 aliphatic carbocycles. The first-order chi connectivity index (χ1) is 46.0. The summed E-state index contributed by atoms with van der Waals surface area (Å²) in [5, 5.41) is 0. The molecule has 0 radical (unpaired) electrons. The standard InChI is InChI=1S/C24H34O2.C24H32O2.C19H28O2.C19H26O2/c2*25-23(26-24(10-4-5-11-24)18-6-2-1-3-7-18)20-14-17-13-19(20)22-16-9-8-15(12-16)21(17)22;2*20-18(17-13-14-8-9-15(17)12-14)21-19(10-4-1-5-11-19)16-6-2-3-7-16/h8-9,15-22H,1-7,10-14H2;4,8-10,15-22H,1-3,5-7,11-14H2;8-9,14-17H,1-7,10-13H2;4,8-10,14-17H,1-3,5-7,11-13H2. The maximum Gasteiger partial charge on any atom is 0.310 e. The highest BCUT2D eigenvalue weighted by atomic mass is 16.6. The molecule has 0 aromatic heterocycles. The molecule has 0 aliphatic heterocycles. The van der Waals surface area contributed by atoms with Crippen molar-refractivity contribution in [2.75, 3.05) is 0 Å². The van der Waals surface area contributed by atoms with Crippen LogP contribution in [0.25, 0.3) is 0 Å². The van der Waals surface area contributed by atoms with E-state index in [1.54, 1.807) is 0 Å². The first-order valence-corrected chi connectivity index (χ1v) is 41.0. The zero-order chi connectivity index (χ0) is 63.2. The minimum absolute atomic E-state index is 0.0761. The maximum absolute atomic E-state index is 13.4. The van der Waals surface area contributed by atoms with Crippen LogP contribution in [-0.2, 0) is 38.1 Å². The number of carbonyl (C=O) groups excluding carboxylic acids is 4. The van der Waals surface area contributed by atoms with E-state index in [0.717, 1.165) is 143 Å². The normalized spacial score (nSPS) is 45.4. The molecule has 0 aromatic rings. The van der Waals surface area contributed by atoms with Gasteiger partial charge in [-0.05, 0) is 318 Å². The molecule has 14 fully saturated rings. The van der Waals surface area contributed by atoms with Crippen molar-refractivity contribution in [3.05, 3.63) is 72.9 Å². The van der Waals surface area contributed by atoms with Crippen molar-refractivity contribution in [3.8, 4) is 0 Å². The van der Waals surface area contributed by atoms with Crippen molar-refractivity contribution < 1.29 is 38.1 Å². The highest BCUT2D eigenvalue weighted by molar-refractivity contribution is 5.76. The lowest BCUT2D eigenvalue weighted by molar-refractivity contribution is -0.177. The van der Waals surface area contributed by atoms with Gasteiger partial charge in [-0.15, -0.1) is 0 Å². The quantitative estimate of drug-likeness (QED) is 0.0824. The van der Waals surface area contributed by atoms with Crippen molar-refractivity contribution in [2.45, 2.75) is 292 Å². The van der Waals surface area contributed by atoms with E-state index in [9.17, 15) is 19.2 Å². The Bertz CT molecular complexity index is 2940. The fraction of sp³-hybridized carbons (Fsp3) is 0.814. The smallest absolute Gasteiger partial charge is 0.310 e. The van der Waals surface area contributed by atoms with Gasteiger partial charge in [0.25, 0.3) is 0 Å². The van der Waals surface area contributed by atoms with Gasteiger partial charge in [-0.25, -0.2) is 0 Å². The second kappa shape index (κ2) is 26.4. The van der Waals surface area contributed by atoms with Gasteiger partial charge in [-0.3, -0.25) is 19.2 Å². The minimum Gasteiger partial charge on any atom is -0.459 e. The van der Waals surface area contributed by atoms with Crippen LogP contribution in [0, 0.1) is 142 Å². The molecule has 512 valence electrons. The van der Waals surface area contributed by atoms with Crippen molar-refractivity contribution in [3.63, 3.8) is 0 Å². The molecule has 0 amide bonds. The summed E-state index contributed by atoms with van der Waals surface area (Å²) in [4.78, 5) is 52.3. The average molecular weight is 1280 g/mol. The molecular formula is C86H120O8. The molecule has 14 saturated carbocycles. The predicted octanol–water partition coefficient (Wildman–Crippen LogP) is 19.9. The van der Waals surface area contributed by atoms with Gasteiger partial charge in [-0.2, -0.15) is 0 Å². The largest absolute Gasteiger partial charge is 0.459 e. The zero-order valence-electron chi connectivity index (χ0n) is 57.7. The lowest BCUT2D eigenvalue weighted by Gasteiger charge is -2.42. The Morgan fingerprint density at radius 3 is 1.09 bits per heavy atom. The fourth-order valence-corrected chi connectivity index (χ4v) is 27.7. The molecule has 0 N–H and O–H groups in total. The Labute approximate surface area is 566 Å². The number of esters is 4. The number of carbonyl (C=O) groups is 4. The summed E-state index contributed by atoms with van der Waals surface area (Å²) in [6.07, 6.45) is 79.9. The Morgan fingerprint density at radius 1 is 0.287 bits per heavy atom. The lowest BCUT2D eigenvalue weighted by atomic mass is 9.69. The topological polar surface area (TPSA) is 105 Å². The Balaban J connectivity index is 0.0000000959. The van der Waals surface area contributed by atoms with Gasteiger partial charge in [0.2, 0.25) is 0 Å². The van der Waals surface area contributed by atoms with E-state index in [2.05, 4.69) is 72.9 Å². The van der Waals surface area contributed by atoms with Crippen LogP contribution in [0.5, 0.6) is 0 Å². The number of ether oxygens (including phenoxy) is 4. The Morgan fingerprint density at radius 2 is 0.660 bits per heavy atom. The third kappa shape index (κ3) is 11.7. The first kappa shape index (κ1) is 63.7.